The summed E-state index contributed by atoms with van der Waals surface area (Å²) >= 11 is 0. The lowest BCUT2D eigenvalue weighted by Gasteiger charge is -2.36. The molecule has 1 aromatic carbocycles. The lowest BCUT2D eigenvalue weighted by Crippen LogP contribution is -2.46. The third-order valence-electron chi connectivity index (χ3n) is 4.36. The molecule has 2 aromatic rings. The Morgan fingerprint density at radius 3 is 2.64 bits per heavy atom. The smallest absolute Gasteiger partial charge is 0.227 e. The van der Waals surface area contributed by atoms with E-state index in [0.717, 1.165) is 43.7 Å². The Morgan fingerprint density at radius 1 is 1.20 bits per heavy atom. The third-order valence-corrected chi connectivity index (χ3v) is 4.36. The molecule has 0 saturated carbocycles. The summed E-state index contributed by atoms with van der Waals surface area (Å²) in [7, 11) is 1.65. The Hall–Kier alpha value is -2.51. The molecule has 2 N–H and O–H groups in total. The summed E-state index contributed by atoms with van der Waals surface area (Å²) in [4.78, 5) is 16.1. The van der Waals surface area contributed by atoms with Crippen molar-refractivity contribution in [2.45, 2.75) is 13.2 Å². The van der Waals surface area contributed by atoms with Crippen LogP contribution in [0.2, 0.25) is 0 Å². The molecular weight excluding hydrogens is 324 g/mol. The second-order valence-corrected chi connectivity index (χ2v) is 5.97. The Bertz CT molecular complexity index is 781. The number of hydrogen-bond acceptors (Lipinski definition) is 7. The number of hydrogen-bond donors (Lipinski definition) is 2. The van der Waals surface area contributed by atoms with Gasteiger partial charge < -0.3 is 24.3 Å². The van der Waals surface area contributed by atoms with Crippen molar-refractivity contribution in [1.29, 1.82) is 0 Å². The fourth-order valence-corrected chi connectivity index (χ4v) is 2.95. The van der Waals surface area contributed by atoms with E-state index in [1.807, 2.05) is 24.3 Å². The fraction of sp³-hybridized carbons (Fsp3) is 0.389. The third kappa shape index (κ3) is 3.94. The summed E-state index contributed by atoms with van der Waals surface area (Å²) < 4.78 is 10.7. The van der Waals surface area contributed by atoms with E-state index in [1.165, 1.54) is 0 Å². The van der Waals surface area contributed by atoms with Crippen LogP contribution in [0.3, 0.4) is 0 Å². The minimum atomic E-state index is -0.527. The van der Waals surface area contributed by atoms with Gasteiger partial charge >= 0.3 is 0 Å². The van der Waals surface area contributed by atoms with Gasteiger partial charge in [0.2, 0.25) is 11.2 Å². The molecule has 0 spiro atoms. The van der Waals surface area contributed by atoms with Crippen LogP contribution in [-0.2, 0) is 13.2 Å². The molecule has 1 saturated heterocycles. The number of piperazine rings is 1. The molecule has 3 rings (SSSR count). The van der Waals surface area contributed by atoms with Crippen LogP contribution in [0, 0.1) is 0 Å². The predicted molar refractivity (Wildman–Crippen MR) is 93.0 cm³/mol. The van der Waals surface area contributed by atoms with Crippen molar-refractivity contribution in [2.24, 2.45) is 0 Å². The second kappa shape index (κ2) is 7.58. The minimum Gasteiger partial charge on any atom is -0.502 e. The lowest BCUT2D eigenvalue weighted by atomic mass is 10.2. The Labute approximate surface area is 145 Å². The molecule has 1 aliphatic rings. The molecule has 0 amide bonds. The number of methoxy groups -OCH3 is 1. The summed E-state index contributed by atoms with van der Waals surface area (Å²) in [5, 5.41) is 19.0. The van der Waals surface area contributed by atoms with Gasteiger partial charge in [-0.25, -0.2) is 0 Å². The molecule has 1 aliphatic heterocycles. The molecule has 0 unspecified atom stereocenters. The molecule has 0 bridgehead atoms. The first kappa shape index (κ1) is 17.3. The van der Waals surface area contributed by atoms with Gasteiger partial charge in [0.25, 0.3) is 0 Å². The average molecular weight is 346 g/mol. The summed E-state index contributed by atoms with van der Waals surface area (Å²) in [5.41, 5.74) is 0.580. The SMILES string of the molecule is COc1cccc(N2CCN(Cc3oc(CO)cc(=O)c3O)CC2)c1. The van der Waals surface area contributed by atoms with Crippen LogP contribution in [0.4, 0.5) is 5.69 Å². The van der Waals surface area contributed by atoms with Crippen LogP contribution in [-0.4, -0.2) is 48.4 Å². The highest BCUT2D eigenvalue weighted by atomic mass is 16.5. The lowest BCUT2D eigenvalue weighted by molar-refractivity contribution is 0.200. The minimum absolute atomic E-state index is 0.160. The second-order valence-electron chi connectivity index (χ2n) is 5.97. The predicted octanol–water partition coefficient (Wildman–Crippen LogP) is 1.17. The highest BCUT2D eigenvalue weighted by molar-refractivity contribution is 5.51. The summed E-state index contributed by atoms with van der Waals surface area (Å²) in [6.45, 7) is 3.14. The van der Waals surface area contributed by atoms with Gasteiger partial charge in [-0.3, -0.25) is 9.69 Å². The van der Waals surface area contributed by atoms with Gasteiger partial charge in [0.05, 0.1) is 13.7 Å². The molecule has 0 radical (unpaired) electrons. The van der Waals surface area contributed by atoms with Crippen LogP contribution < -0.4 is 15.1 Å². The van der Waals surface area contributed by atoms with Gasteiger partial charge in [-0.15, -0.1) is 0 Å². The van der Waals surface area contributed by atoms with Crippen molar-refractivity contribution in [3.05, 3.63) is 52.1 Å². The van der Waals surface area contributed by atoms with Crippen LogP contribution >= 0.6 is 0 Å². The van der Waals surface area contributed by atoms with Crippen LogP contribution in [0.15, 0.2) is 39.5 Å². The zero-order valence-corrected chi connectivity index (χ0v) is 14.1. The van der Waals surface area contributed by atoms with E-state index in [2.05, 4.69) is 9.80 Å². The highest BCUT2D eigenvalue weighted by Crippen LogP contribution is 2.23. The molecule has 7 heteroatoms. The molecular formula is C18H22N2O5. The van der Waals surface area contributed by atoms with Crippen molar-refractivity contribution < 1.29 is 19.4 Å². The van der Waals surface area contributed by atoms with Gasteiger partial charge in [0.1, 0.15) is 18.1 Å². The standard InChI is InChI=1S/C18H22N2O5/c1-24-14-4-2-3-13(9-14)20-7-5-19(6-8-20)11-17-18(23)16(22)10-15(12-21)25-17/h2-4,9-10,21,23H,5-8,11-12H2,1H3. The van der Waals surface area contributed by atoms with E-state index < -0.39 is 5.43 Å². The van der Waals surface area contributed by atoms with Gasteiger partial charge in [-0.05, 0) is 12.1 Å². The van der Waals surface area contributed by atoms with E-state index in [-0.39, 0.29) is 23.9 Å². The molecule has 0 aliphatic carbocycles. The van der Waals surface area contributed by atoms with E-state index in [1.54, 1.807) is 7.11 Å². The Morgan fingerprint density at radius 2 is 1.96 bits per heavy atom. The molecule has 1 fully saturated rings. The monoisotopic (exact) mass is 346 g/mol. The van der Waals surface area contributed by atoms with Crippen LogP contribution in [0.5, 0.6) is 11.5 Å². The summed E-state index contributed by atoms with van der Waals surface area (Å²) in [6.07, 6.45) is 0. The molecule has 1 aromatic heterocycles. The number of aliphatic hydroxyl groups excluding tert-OH is 1. The summed E-state index contributed by atoms with van der Waals surface area (Å²) in [6, 6.07) is 9.05. The van der Waals surface area contributed by atoms with Crippen molar-refractivity contribution in [3.8, 4) is 11.5 Å². The first-order valence-corrected chi connectivity index (χ1v) is 8.18. The van der Waals surface area contributed by atoms with Crippen molar-refractivity contribution in [1.82, 2.24) is 4.90 Å². The van der Waals surface area contributed by atoms with Gasteiger partial charge in [0, 0.05) is 44.0 Å². The number of ether oxygens (including phenoxy) is 1. The maximum Gasteiger partial charge on any atom is 0.227 e. The Kier molecular flexibility index (Phi) is 5.25. The van der Waals surface area contributed by atoms with Crippen LogP contribution in [0.25, 0.3) is 0 Å². The summed E-state index contributed by atoms with van der Waals surface area (Å²) in [5.74, 6) is 0.805. The van der Waals surface area contributed by atoms with Gasteiger partial charge in [-0.1, -0.05) is 6.07 Å². The molecule has 134 valence electrons. The topological polar surface area (TPSA) is 86.4 Å². The van der Waals surface area contributed by atoms with E-state index in [9.17, 15) is 9.90 Å². The largest absolute Gasteiger partial charge is 0.502 e. The first-order valence-electron chi connectivity index (χ1n) is 8.18. The quantitative estimate of drug-likeness (QED) is 0.840. The zero-order valence-electron chi connectivity index (χ0n) is 14.1. The van der Waals surface area contributed by atoms with Crippen molar-refractivity contribution in [3.63, 3.8) is 0 Å². The number of anilines is 1. The number of nitrogens with zero attached hydrogens (tertiary/aromatic N) is 2. The number of benzene rings is 1. The van der Waals surface area contributed by atoms with Crippen LogP contribution in [0.1, 0.15) is 11.5 Å². The number of aromatic hydroxyl groups is 1. The molecule has 0 atom stereocenters. The average Bonchev–Trinajstić information content (AvgIpc) is 2.66. The van der Waals surface area contributed by atoms with Gasteiger partial charge in [0.15, 0.2) is 5.76 Å². The molecule has 7 nitrogen and oxygen atoms in total. The van der Waals surface area contributed by atoms with E-state index in [4.69, 9.17) is 14.3 Å². The fourth-order valence-electron chi connectivity index (χ4n) is 2.95. The van der Waals surface area contributed by atoms with E-state index >= 15 is 0 Å². The molecule has 2 heterocycles. The maximum atomic E-state index is 11.7. The number of rotatable bonds is 5. The van der Waals surface area contributed by atoms with E-state index in [0.29, 0.717) is 6.54 Å². The van der Waals surface area contributed by atoms with Crippen molar-refractivity contribution in [2.75, 3.05) is 38.2 Å². The zero-order chi connectivity index (χ0) is 17.8. The van der Waals surface area contributed by atoms with Gasteiger partial charge in [-0.2, -0.15) is 0 Å². The van der Waals surface area contributed by atoms with Crippen molar-refractivity contribution >= 4 is 5.69 Å². The highest BCUT2D eigenvalue weighted by Gasteiger charge is 2.21. The normalized spacial score (nSPS) is 15.4. The number of aliphatic hydroxyl groups is 1. The Balaban J connectivity index is 1.65. The first-order chi connectivity index (χ1) is 12.1. The molecule has 25 heavy (non-hydrogen) atoms. The maximum absolute atomic E-state index is 11.7.